The minimum absolute atomic E-state index is 0.0128. The summed E-state index contributed by atoms with van der Waals surface area (Å²) in [4.78, 5) is 42.1. The molecule has 0 atom stereocenters. The van der Waals surface area contributed by atoms with Gasteiger partial charge in [0.25, 0.3) is 0 Å². The Kier molecular flexibility index (Phi) is 5.25. The Hall–Kier alpha value is -2.83. The number of benzene rings is 1. The van der Waals surface area contributed by atoms with E-state index in [9.17, 15) is 14.4 Å². The molecule has 7 nitrogen and oxygen atoms in total. The number of H-pyrrole nitrogens is 1. The Balaban J connectivity index is 1.54. The van der Waals surface area contributed by atoms with Crippen molar-refractivity contribution in [3.05, 3.63) is 36.0 Å². The van der Waals surface area contributed by atoms with E-state index < -0.39 is 5.97 Å². The molecule has 1 fully saturated rings. The van der Waals surface area contributed by atoms with Gasteiger partial charge in [0.1, 0.15) is 0 Å². The predicted molar refractivity (Wildman–Crippen MR) is 96.6 cm³/mol. The SMILES string of the molecule is CN(CC(=O)N1CCC(C(=O)O)CC1)C(=O)Cc1c[nH]c2ccccc12. The van der Waals surface area contributed by atoms with Gasteiger partial charge in [-0.15, -0.1) is 0 Å². The van der Waals surface area contributed by atoms with Gasteiger partial charge in [0, 0.05) is 37.2 Å². The second kappa shape index (κ2) is 7.59. The van der Waals surface area contributed by atoms with Gasteiger partial charge < -0.3 is 19.9 Å². The number of hydrogen-bond acceptors (Lipinski definition) is 3. The van der Waals surface area contributed by atoms with Crippen LogP contribution in [0.1, 0.15) is 18.4 Å². The minimum atomic E-state index is -0.803. The van der Waals surface area contributed by atoms with Gasteiger partial charge >= 0.3 is 5.97 Å². The lowest BCUT2D eigenvalue weighted by atomic mass is 9.97. The summed E-state index contributed by atoms with van der Waals surface area (Å²) in [6.07, 6.45) is 2.99. The Morgan fingerprint density at radius 2 is 1.92 bits per heavy atom. The zero-order valence-electron chi connectivity index (χ0n) is 14.8. The molecule has 1 saturated heterocycles. The number of carboxylic acid groups (broad SMARTS) is 1. The van der Waals surface area contributed by atoms with Crippen molar-refractivity contribution in [3.63, 3.8) is 0 Å². The number of nitrogens with zero attached hydrogens (tertiary/aromatic N) is 2. The lowest BCUT2D eigenvalue weighted by molar-refractivity contribution is -0.146. The third-order valence-corrected chi connectivity index (χ3v) is 5.01. The molecule has 2 heterocycles. The summed E-state index contributed by atoms with van der Waals surface area (Å²) in [6, 6.07) is 7.78. The van der Waals surface area contributed by atoms with Crippen molar-refractivity contribution in [3.8, 4) is 0 Å². The topological polar surface area (TPSA) is 93.7 Å². The first kappa shape index (κ1) is 18.0. The van der Waals surface area contributed by atoms with E-state index in [2.05, 4.69) is 4.98 Å². The number of aromatic amines is 1. The van der Waals surface area contributed by atoms with Gasteiger partial charge in [0.2, 0.25) is 11.8 Å². The Labute approximate surface area is 151 Å². The smallest absolute Gasteiger partial charge is 0.306 e. The van der Waals surface area contributed by atoms with Crippen LogP contribution in [0, 0.1) is 5.92 Å². The number of aromatic nitrogens is 1. The van der Waals surface area contributed by atoms with Crippen LogP contribution in [-0.4, -0.2) is 64.4 Å². The fourth-order valence-corrected chi connectivity index (χ4v) is 3.34. The average Bonchev–Trinajstić information content (AvgIpc) is 3.04. The molecule has 138 valence electrons. The van der Waals surface area contributed by atoms with Crippen LogP contribution in [0.25, 0.3) is 10.9 Å². The van der Waals surface area contributed by atoms with E-state index in [-0.39, 0.29) is 30.7 Å². The van der Waals surface area contributed by atoms with Crippen LogP contribution in [0.4, 0.5) is 0 Å². The van der Waals surface area contributed by atoms with Gasteiger partial charge in [0.05, 0.1) is 18.9 Å². The molecule has 1 aliphatic heterocycles. The summed E-state index contributed by atoms with van der Waals surface area (Å²) >= 11 is 0. The van der Waals surface area contributed by atoms with Crippen molar-refractivity contribution >= 4 is 28.7 Å². The van der Waals surface area contributed by atoms with Crippen molar-refractivity contribution in [1.82, 2.24) is 14.8 Å². The zero-order chi connectivity index (χ0) is 18.7. The highest BCUT2D eigenvalue weighted by atomic mass is 16.4. The highest BCUT2D eigenvalue weighted by molar-refractivity contribution is 5.90. The van der Waals surface area contributed by atoms with Crippen LogP contribution >= 0.6 is 0 Å². The van der Waals surface area contributed by atoms with E-state index >= 15 is 0 Å². The normalized spacial score (nSPS) is 15.2. The number of para-hydroxylation sites is 1. The van der Waals surface area contributed by atoms with E-state index in [1.807, 2.05) is 30.5 Å². The first-order chi connectivity index (χ1) is 12.5. The lowest BCUT2D eigenvalue weighted by Gasteiger charge is -2.31. The number of carboxylic acids is 1. The average molecular weight is 357 g/mol. The minimum Gasteiger partial charge on any atom is -0.481 e. The maximum atomic E-state index is 12.5. The third-order valence-electron chi connectivity index (χ3n) is 5.01. The second-order valence-electron chi connectivity index (χ2n) is 6.78. The quantitative estimate of drug-likeness (QED) is 0.848. The molecule has 1 aromatic heterocycles. The highest BCUT2D eigenvalue weighted by Crippen LogP contribution is 2.19. The van der Waals surface area contributed by atoms with E-state index in [0.717, 1.165) is 16.5 Å². The third kappa shape index (κ3) is 3.87. The van der Waals surface area contributed by atoms with Crippen molar-refractivity contribution in [2.24, 2.45) is 5.92 Å². The summed E-state index contributed by atoms with van der Waals surface area (Å²) < 4.78 is 0. The van der Waals surface area contributed by atoms with Crippen molar-refractivity contribution in [2.45, 2.75) is 19.3 Å². The second-order valence-corrected chi connectivity index (χ2v) is 6.78. The molecule has 2 aromatic rings. The van der Waals surface area contributed by atoms with Crippen molar-refractivity contribution in [1.29, 1.82) is 0 Å². The molecule has 7 heteroatoms. The highest BCUT2D eigenvalue weighted by Gasteiger charge is 2.27. The fourth-order valence-electron chi connectivity index (χ4n) is 3.34. The lowest BCUT2D eigenvalue weighted by Crippen LogP contribution is -2.45. The standard InChI is InChI=1S/C19H23N3O4/c1-21(12-18(24)22-8-6-13(7-9-22)19(25)26)17(23)10-14-11-20-16-5-3-2-4-15(14)16/h2-5,11,13,20H,6-10,12H2,1H3,(H,25,26). The first-order valence-corrected chi connectivity index (χ1v) is 8.75. The number of likely N-dealkylation sites (N-methyl/N-ethyl adjacent to an activating group) is 1. The monoisotopic (exact) mass is 357 g/mol. The van der Waals surface area contributed by atoms with E-state index in [0.29, 0.717) is 25.9 Å². The number of nitrogens with one attached hydrogen (secondary N) is 1. The Morgan fingerprint density at radius 3 is 2.62 bits per heavy atom. The number of piperidine rings is 1. The predicted octanol–water partition coefficient (Wildman–Crippen LogP) is 1.49. The van der Waals surface area contributed by atoms with Gasteiger partial charge in [-0.05, 0) is 24.5 Å². The van der Waals surface area contributed by atoms with Crippen LogP contribution in [0.15, 0.2) is 30.5 Å². The first-order valence-electron chi connectivity index (χ1n) is 8.75. The van der Waals surface area contributed by atoms with Crippen LogP contribution in [0.5, 0.6) is 0 Å². The number of rotatable bonds is 5. The van der Waals surface area contributed by atoms with Gasteiger partial charge in [-0.25, -0.2) is 0 Å². The van der Waals surface area contributed by atoms with E-state index in [1.165, 1.54) is 4.90 Å². The summed E-state index contributed by atoms with van der Waals surface area (Å²) in [6.45, 7) is 0.874. The molecule has 0 aliphatic carbocycles. The molecule has 3 rings (SSSR count). The van der Waals surface area contributed by atoms with Crippen molar-refractivity contribution in [2.75, 3.05) is 26.7 Å². The number of fused-ring (bicyclic) bond motifs is 1. The van der Waals surface area contributed by atoms with Gasteiger partial charge in [0.15, 0.2) is 0 Å². The molecule has 2 N–H and O–H groups in total. The van der Waals surface area contributed by atoms with E-state index in [4.69, 9.17) is 5.11 Å². The molecule has 26 heavy (non-hydrogen) atoms. The molecule has 2 amide bonds. The van der Waals surface area contributed by atoms with Crippen LogP contribution in [0.3, 0.4) is 0 Å². The molecule has 1 aliphatic rings. The summed E-state index contributed by atoms with van der Waals surface area (Å²) in [5.41, 5.74) is 1.89. The summed E-state index contributed by atoms with van der Waals surface area (Å²) in [7, 11) is 1.62. The van der Waals surface area contributed by atoms with E-state index in [1.54, 1.807) is 11.9 Å². The number of aliphatic carboxylic acids is 1. The van der Waals surface area contributed by atoms with Crippen molar-refractivity contribution < 1.29 is 19.5 Å². The largest absolute Gasteiger partial charge is 0.481 e. The Bertz CT molecular complexity index is 821. The molecule has 0 radical (unpaired) electrons. The molecule has 0 spiro atoms. The summed E-state index contributed by atoms with van der Waals surface area (Å²) in [5.74, 6) is -1.43. The van der Waals surface area contributed by atoms with Gasteiger partial charge in [-0.2, -0.15) is 0 Å². The maximum absolute atomic E-state index is 12.5. The van der Waals surface area contributed by atoms with Gasteiger partial charge in [-0.3, -0.25) is 14.4 Å². The Morgan fingerprint density at radius 1 is 1.23 bits per heavy atom. The molecule has 1 aromatic carbocycles. The molecule has 0 unspecified atom stereocenters. The molecule has 0 bridgehead atoms. The number of carbonyl (C=O) groups excluding carboxylic acids is 2. The molecule has 0 saturated carbocycles. The number of carbonyl (C=O) groups is 3. The number of hydrogen-bond donors (Lipinski definition) is 2. The maximum Gasteiger partial charge on any atom is 0.306 e. The molecular weight excluding hydrogens is 334 g/mol. The number of amides is 2. The van der Waals surface area contributed by atoms with Crippen LogP contribution in [0.2, 0.25) is 0 Å². The van der Waals surface area contributed by atoms with Crippen LogP contribution in [-0.2, 0) is 20.8 Å². The van der Waals surface area contributed by atoms with Gasteiger partial charge in [-0.1, -0.05) is 18.2 Å². The zero-order valence-corrected chi connectivity index (χ0v) is 14.8. The van der Waals surface area contributed by atoms with Crippen LogP contribution < -0.4 is 0 Å². The number of likely N-dealkylation sites (tertiary alicyclic amines) is 1. The summed E-state index contributed by atoms with van der Waals surface area (Å²) in [5, 5.41) is 10.0. The molecular formula is C19H23N3O4. The fraction of sp³-hybridized carbons (Fsp3) is 0.421.